The van der Waals surface area contributed by atoms with Gasteiger partial charge in [-0.25, -0.2) is 0 Å². The van der Waals surface area contributed by atoms with Crippen LogP contribution in [0.4, 0.5) is 0 Å². The maximum absolute atomic E-state index is 12.3. The van der Waals surface area contributed by atoms with Gasteiger partial charge in [0, 0.05) is 13.0 Å². The number of amidine groups is 1. The van der Waals surface area contributed by atoms with Crippen LogP contribution in [0.1, 0.15) is 38.4 Å². The first-order chi connectivity index (χ1) is 9.50. The number of oxime groups is 1. The lowest BCUT2D eigenvalue weighted by molar-refractivity contribution is -0.128. The molecular weight excluding hydrogens is 262 g/mol. The summed E-state index contributed by atoms with van der Waals surface area (Å²) in [6.07, 6.45) is 1.34. The first kappa shape index (κ1) is 15.9. The highest BCUT2D eigenvalue weighted by Gasteiger charge is 2.39. The fourth-order valence-electron chi connectivity index (χ4n) is 2.04. The van der Waals surface area contributed by atoms with Crippen LogP contribution < -0.4 is 11.1 Å². The van der Waals surface area contributed by atoms with Gasteiger partial charge in [0.15, 0.2) is 11.7 Å². The second-order valence-corrected chi connectivity index (χ2v) is 4.52. The molecule has 1 rings (SSSR count). The second-order valence-electron chi connectivity index (χ2n) is 4.52. The molecule has 1 aromatic rings. The molecule has 0 atom stereocenters. The van der Waals surface area contributed by atoms with E-state index in [1.54, 1.807) is 6.92 Å². The van der Waals surface area contributed by atoms with Crippen molar-refractivity contribution in [3.8, 4) is 0 Å². The Balaban J connectivity index is 2.63. The quantitative estimate of drug-likeness (QED) is 0.291. The first-order valence-corrected chi connectivity index (χ1v) is 6.55. The highest BCUT2D eigenvalue weighted by Crippen LogP contribution is 2.26. The molecule has 1 heterocycles. The van der Waals surface area contributed by atoms with E-state index in [9.17, 15) is 4.79 Å². The maximum atomic E-state index is 12.3. The van der Waals surface area contributed by atoms with E-state index in [4.69, 9.17) is 15.5 Å². The normalized spacial score (nSPS) is 12.4. The predicted octanol–water partition coefficient (Wildman–Crippen LogP) is 0.590. The minimum Gasteiger partial charge on any atom is -0.409 e. The number of aromatic nitrogens is 2. The third-order valence-corrected chi connectivity index (χ3v) is 3.43. The lowest BCUT2D eigenvalue weighted by atomic mass is 9.80. The van der Waals surface area contributed by atoms with Gasteiger partial charge in [0.1, 0.15) is 5.41 Å². The number of rotatable bonds is 7. The molecule has 1 amide bonds. The number of carbonyl (C=O) groups is 1. The van der Waals surface area contributed by atoms with Crippen LogP contribution in [0.15, 0.2) is 9.68 Å². The Kier molecular flexibility index (Phi) is 5.48. The predicted molar refractivity (Wildman–Crippen MR) is 72.2 cm³/mol. The molecule has 4 N–H and O–H groups in total. The molecule has 0 fully saturated rings. The Hall–Kier alpha value is -2.12. The number of hydrogen-bond acceptors (Lipinski definition) is 6. The molecule has 0 aliphatic rings. The highest BCUT2D eigenvalue weighted by molar-refractivity contribution is 6.06. The average Bonchev–Trinajstić information content (AvgIpc) is 2.86. The van der Waals surface area contributed by atoms with Crippen LogP contribution in [-0.4, -0.2) is 33.6 Å². The summed E-state index contributed by atoms with van der Waals surface area (Å²) in [5, 5.41) is 18.2. The Morgan fingerprint density at radius 2 is 2.15 bits per heavy atom. The van der Waals surface area contributed by atoms with Crippen molar-refractivity contribution in [1.82, 2.24) is 15.5 Å². The molecule has 112 valence electrons. The van der Waals surface area contributed by atoms with Crippen LogP contribution in [0, 0.1) is 12.3 Å². The van der Waals surface area contributed by atoms with Crippen LogP contribution >= 0.6 is 0 Å². The van der Waals surface area contributed by atoms with Crippen LogP contribution in [-0.2, 0) is 11.2 Å². The molecule has 0 bridgehead atoms. The van der Waals surface area contributed by atoms with Crippen molar-refractivity contribution in [3.05, 3.63) is 11.7 Å². The summed E-state index contributed by atoms with van der Waals surface area (Å²) in [4.78, 5) is 16.3. The van der Waals surface area contributed by atoms with Gasteiger partial charge in [-0.1, -0.05) is 24.2 Å². The topological polar surface area (TPSA) is 127 Å². The van der Waals surface area contributed by atoms with Gasteiger partial charge in [0.2, 0.25) is 11.8 Å². The van der Waals surface area contributed by atoms with Gasteiger partial charge >= 0.3 is 0 Å². The van der Waals surface area contributed by atoms with Gasteiger partial charge in [-0.15, -0.1) is 0 Å². The van der Waals surface area contributed by atoms with Crippen molar-refractivity contribution in [2.24, 2.45) is 16.3 Å². The zero-order valence-electron chi connectivity index (χ0n) is 12.0. The van der Waals surface area contributed by atoms with Crippen LogP contribution in [0.2, 0.25) is 0 Å². The van der Waals surface area contributed by atoms with Gasteiger partial charge < -0.3 is 20.8 Å². The summed E-state index contributed by atoms with van der Waals surface area (Å²) >= 11 is 0. The van der Waals surface area contributed by atoms with Crippen molar-refractivity contribution in [2.45, 2.75) is 40.0 Å². The van der Waals surface area contributed by atoms with Crippen LogP contribution in [0.25, 0.3) is 0 Å². The Bertz CT molecular complexity index is 479. The molecule has 0 aliphatic heterocycles. The SMILES string of the molecule is CCC(CC)(C(=O)NCCc1nc(C)no1)C(N)=NO. The average molecular weight is 283 g/mol. The number of aryl methyl sites for hydroxylation is 1. The van der Waals surface area contributed by atoms with E-state index in [2.05, 4.69) is 20.6 Å². The zero-order valence-corrected chi connectivity index (χ0v) is 12.0. The van der Waals surface area contributed by atoms with Gasteiger partial charge in [-0.3, -0.25) is 4.79 Å². The van der Waals surface area contributed by atoms with E-state index >= 15 is 0 Å². The van der Waals surface area contributed by atoms with Gasteiger partial charge in [0.25, 0.3) is 0 Å². The van der Waals surface area contributed by atoms with Crippen LogP contribution in [0.5, 0.6) is 0 Å². The first-order valence-electron chi connectivity index (χ1n) is 6.55. The molecule has 0 aliphatic carbocycles. The third kappa shape index (κ3) is 3.25. The van der Waals surface area contributed by atoms with Gasteiger partial charge in [-0.05, 0) is 19.8 Å². The highest BCUT2D eigenvalue weighted by atomic mass is 16.5. The fourth-order valence-corrected chi connectivity index (χ4v) is 2.04. The molecule has 0 unspecified atom stereocenters. The van der Waals surface area contributed by atoms with E-state index in [-0.39, 0.29) is 11.7 Å². The van der Waals surface area contributed by atoms with Gasteiger partial charge in [-0.2, -0.15) is 4.98 Å². The minimum absolute atomic E-state index is 0.0753. The van der Waals surface area contributed by atoms with Crippen molar-refractivity contribution in [2.75, 3.05) is 6.54 Å². The smallest absolute Gasteiger partial charge is 0.233 e. The monoisotopic (exact) mass is 283 g/mol. The summed E-state index contributed by atoms with van der Waals surface area (Å²) in [6, 6.07) is 0. The molecule has 0 saturated carbocycles. The van der Waals surface area contributed by atoms with Gasteiger partial charge in [0.05, 0.1) is 0 Å². The third-order valence-electron chi connectivity index (χ3n) is 3.43. The number of nitrogens with zero attached hydrogens (tertiary/aromatic N) is 3. The van der Waals surface area contributed by atoms with E-state index in [1.165, 1.54) is 0 Å². The van der Waals surface area contributed by atoms with E-state index in [0.29, 0.717) is 37.5 Å². The van der Waals surface area contributed by atoms with E-state index in [0.717, 1.165) is 0 Å². The summed E-state index contributed by atoms with van der Waals surface area (Å²) in [7, 11) is 0. The summed E-state index contributed by atoms with van der Waals surface area (Å²) < 4.78 is 4.95. The summed E-state index contributed by atoms with van der Waals surface area (Å²) in [5.74, 6) is 0.673. The molecule has 0 spiro atoms. The fraction of sp³-hybridized carbons (Fsp3) is 0.667. The number of amides is 1. The number of carbonyl (C=O) groups excluding carboxylic acids is 1. The van der Waals surface area contributed by atoms with Crippen molar-refractivity contribution in [3.63, 3.8) is 0 Å². The molecule has 0 radical (unpaired) electrons. The number of nitrogens with two attached hydrogens (primary N) is 1. The van der Waals surface area contributed by atoms with Crippen molar-refractivity contribution < 1.29 is 14.5 Å². The number of nitrogens with one attached hydrogen (secondary N) is 1. The largest absolute Gasteiger partial charge is 0.409 e. The molecular formula is C12H21N5O3. The van der Waals surface area contributed by atoms with Crippen LogP contribution in [0.3, 0.4) is 0 Å². The van der Waals surface area contributed by atoms with Crippen molar-refractivity contribution in [1.29, 1.82) is 0 Å². The summed E-state index contributed by atoms with van der Waals surface area (Å²) in [6.45, 7) is 5.72. The molecule has 0 aromatic carbocycles. The molecule has 8 heteroatoms. The van der Waals surface area contributed by atoms with E-state index in [1.807, 2.05) is 13.8 Å². The lowest BCUT2D eigenvalue weighted by Crippen LogP contribution is -2.49. The minimum atomic E-state index is -0.987. The molecule has 1 aromatic heterocycles. The Morgan fingerprint density at radius 3 is 2.60 bits per heavy atom. The molecule has 20 heavy (non-hydrogen) atoms. The Labute approximate surface area is 117 Å². The number of hydrogen-bond donors (Lipinski definition) is 3. The molecule has 8 nitrogen and oxygen atoms in total. The maximum Gasteiger partial charge on any atom is 0.233 e. The van der Waals surface area contributed by atoms with E-state index < -0.39 is 5.41 Å². The second kappa shape index (κ2) is 6.88. The standard InChI is InChI=1S/C12H21N5O3/c1-4-12(5-2,10(13)16-19)11(18)14-7-6-9-15-8(3)17-20-9/h19H,4-7H2,1-3H3,(H2,13,16)(H,14,18). The van der Waals surface area contributed by atoms with Crippen molar-refractivity contribution >= 4 is 11.7 Å². The zero-order chi connectivity index (χ0) is 15.2. The molecule has 0 saturated heterocycles. The Morgan fingerprint density at radius 1 is 1.50 bits per heavy atom. The lowest BCUT2D eigenvalue weighted by Gasteiger charge is -2.28. The summed E-state index contributed by atoms with van der Waals surface area (Å²) in [5.41, 5.74) is 4.67.